The lowest BCUT2D eigenvalue weighted by Crippen LogP contribution is -1.99. The summed E-state index contributed by atoms with van der Waals surface area (Å²) in [5.41, 5.74) is 3.85. The summed E-state index contributed by atoms with van der Waals surface area (Å²) in [6, 6.07) is 1.61. The third-order valence-corrected chi connectivity index (χ3v) is 4.77. The summed E-state index contributed by atoms with van der Waals surface area (Å²) in [4.78, 5) is 16.2. The Morgan fingerprint density at radius 3 is 2.56 bits per heavy atom. The monoisotopic (exact) mass is 403 g/mol. The highest BCUT2D eigenvalue weighted by atomic mass is 35.5. The Hall–Kier alpha value is -2.03. The van der Waals surface area contributed by atoms with E-state index in [1.807, 2.05) is 0 Å². The molecule has 25 heavy (non-hydrogen) atoms. The van der Waals surface area contributed by atoms with Crippen LogP contribution in [0.2, 0.25) is 10.0 Å². The fraction of sp³-hybridized carbons (Fsp3) is 0.267. The Kier molecular flexibility index (Phi) is 6.46. The number of rotatable bonds is 6. The van der Waals surface area contributed by atoms with Gasteiger partial charge in [0.2, 0.25) is 5.13 Å². The predicted octanol–water partition coefficient (Wildman–Crippen LogP) is 4.01. The maximum Gasteiger partial charge on any atom is 0.350 e. The van der Waals surface area contributed by atoms with E-state index < -0.39 is 5.97 Å². The number of anilines is 1. The molecule has 10 heteroatoms. The number of nitrogens with zero attached hydrogens (tertiary/aromatic N) is 2. The van der Waals surface area contributed by atoms with Gasteiger partial charge in [0.1, 0.15) is 15.6 Å². The number of aromatic nitrogens is 1. The molecule has 0 amide bonds. The van der Waals surface area contributed by atoms with Crippen LogP contribution >= 0.6 is 34.5 Å². The first-order valence-corrected chi connectivity index (χ1v) is 8.44. The SMILES string of the molecule is COC(=O)c1sc(N/N=C\c2cc(Cl)c(OC)c(Cl)c2OC)nc1C. The van der Waals surface area contributed by atoms with Gasteiger partial charge in [-0.1, -0.05) is 34.5 Å². The minimum Gasteiger partial charge on any atom is -0.494 e. The van der Waals surface area contributed by atoms with E-state index in [2.05, 4.69) is 15.5 Å². The van der Waals surface area contributed by atoms with Crippen molar-refractivity contribution in [3.8, 4) is 11.5 Å². The Balaban J connectivity index is 2.24. The lowest BCUT2D eigenvalue weighted by atomic mass is 10.2. The van der Waals surface area contributed by atoms with E-state index in [1.54, 1.807) is 13.0 Å². The molecular weight excluding hydrogens is 389 g/mol. The number of nitrogens with one attached hydrogen (secondary N) is 1. The molecule has 0 spiro atoms. The van der Waals surface area contributed by atoms with Gasteiger partial charge in [0.15, 0.2) is 5.75 Å². The maximum atomic E-state index is 11.6. The third-order valence-electron chi connectivity index (χ3n) is 3.10. The molecule has 1 aromatic carbocycles. The lowest BCUT2D eigenvalue weighted by Gasteiger charge is -2.12. The Morgan fingerprint density at radius 1 is 1.28 bits per heavy atom. The van der Waals surface area contributed by atoms with Crippen LogP contribution in [0.25, 0.3) is 0 Å². The zero-order chi connectivity index (χ0) is 18.6. The van der Waals surface area contributed by atoms with Gasteiger partial charge in [-0.25, -0.2) is 9.78 Å². The first kappa shape index (κ1) is 19.3. The number of ether oxygens (including phenoxy) is 3. The number of carbonyl (C=O) groups is 1. The number of esters is 1. The lowest BCUT2D eigenvalue weighted by molar-refractivity contribution is 0.0605. The zero-order valence-corrected chi connectivity index (χ0v) is 16.2. The fourth-order valence-electron chi connectivity index (χ4n) is 1.98. The van der Waals surface area contributed by atoms with Gasteiger partial charge in [0.05, 0.1) is 38.3 Å². The molecule has 1 aromatic heterocycles. The van der Waals surface area contributed by atoms with E-state index in [1.165, 1.54) is 27.5 Å². The summed E-state index contributed by atoms with van der Waals surface area (Å²) in [7, 11) is 4.26. The number of thiazole rings is 1. The fourth-order valence-corrected chi connectivity index (χ4v) is 3.51. The topological polar surface area (TPSA) is 82.0 Å². The van der Waals surface area contributed by atoms with Crippen LogP contribution in [-0.2, 0) is 4.74 Å². The molecule has 0 aliphatic rings. The van der Waals surface area contributed by atoms with Crippen LogP contribution in [0, 0.1) is 6.92 Å². The van der Waals surface area contributed by atoms with Crippen molar-refractivity contribution in [3.05, 3.63) is 32.2 Å². The smallest absolute Gasteiger partial charge is 0.350 e. The van der Waals surface area contributed by atoms with Crippen molar-refractivity contribution in [3.63, 3.8) is 0 Å². The Morgan fingerprint density at radius 2 is 1.96 bits per heavy atom. The van der Waals surface area contributed by atoms with Crippen molar-refractivity contribution >= 4 is 51.9 Å². The number of halogens is 2. The van der Waals surface area contributed by atoms with Crippen LogP contribution < -0.4 is 14.9 Å². The van der Waals surface area contributed by atoms with Crippen molar-refractivity contribution in [2.45, 2.75) is 6.92 Å². The molecule has 0 bridgehead atoms. The van der Waals surface area contributed by atoms with Crippen LogP contribution in [0.1, 0.15) is 20.9 Å². The first-order valence-electron chi connectivity index (χ1n) is 6.87. The first-order chi connectivity index (χ1) is 11.9. The molecule has 0 saturated heterocycles. The molecule has 0 saturated carbocycles. The number of hydrazone groups is 1. The van der Waals surface area contributed by atoms with Gasteiger partial charge in [-0.05, 0) is 13.0 Å². The average molecular weight is 404 g/mol. The van der Waals surface area contributed by atoms with Crippen molar-refractivity contribution < 1.29 is 19.0 Å². The summed E-state index contributed by atoms with van der Waals surface area (Å²) < 4.78 is 15.1. The van der Waals surface area contributed by atoms with E-state index in [4.69, 9.17) is 37.4 Å². The largest absolute Gasteiger partial charge is 0.494 e. The number of hydrogen-bond acceptors (Lipinski definition) is 8. The quantitative estimate of drug-likeness (QED) is 0.445. The van der Waals surface area contributed by atoms with Crippen LogP contribution in [0.5, 0.6) is 11.5 Å². The molecule has 0 aliphatic heterocycles. The molecule has 134 valence electrons. The van der Waals surface area contributed by atoms with Crippen molar-refractivity contribution in [2.24, 2.45) is 5.10 Å². The second-order valence-corrected chi connectivity index (χ2v) is 6.41. The van der Waals surface area contributed by atoms with Gasteiger partial charge in [-0.3, -0.25) is 5.43 Å². The van der Waals surface area contributed by atoms with Gasteiger partial charge in [0.25, 0.3) is 0 Å². The molecule has 2 rings (SSSR count). The van der Waals surface area contributed by atoms with Crippen LogP contribution in [0.4, 0.5) is 5.13 Å². The highest BCUT2D eigenvalue weighted by molar-refractivity contribution is 7.17. The summed E-state index contributed by atoms with van der Waals surface area (Å²) in [5.74, 6) is 0.255. The van der Waals surface area contributed by atoms with Crippen LogP contribution in [0.3, 0.4) is 0 Å². The molecule has 0 radical (unpaired) electrons. The Bertz CT molecular complexity index is 824. The van der Waals surface area contributed by atoms with Crippen molar-refractivity contribution in [1.29, 1.82) is 0 Å². The van der Waals surface area contributed by atoms with E-state index in [0.29, 0.717) is 37.8 Å². The van der Waals surface area contributed by atoms with Gasteiger partial charge >= 0.3 is 5.97 Å². The second-order valence-electron chi connectivity index (χ2n) is 4.62. The van der Waals surface area contributed by atoms with Gasteiger partial charge in [-0.15, -0.1) is 0 Å². The zero-order valence-electron chi connectivity index (χ0n) is 13.8. The minimum atomic E-state index is -0.442. The van der Waals surface area contributed by atoms with Crippen LogP contribution in [0.15, 0.2) is 11.2 Å². The molecule has 0 atom stereocenters. The normalized spacial score (nSPS) is 10.8. The van der Waals surface area contributed by atoms with Gasteiger partial charge in [-0.2, -0.15) is 5.10 Å². The standard InChI is InChI=1S/C15H15Cl2N3O4S/c1-7-13(14(21)24-4)25-15(19-7)20-18-6-8-5-9(16)12(23-3)10(17)11(8)22-2/h5-6H,1-4H3,(H,19,20)/b18-6-. The highest BCUT2D eigenvalue weighted by Crippen LogP contribution is 2.41. The molecule has 0 fully saturated rings. The van der Waals surface area contributed by atoms with E-state index in [9.17, 15) is 4.79 Å². The number of benzene rings is 1. The summed E-state index contributed by atoms with van der Waals surface area (Å²) in [6.07, 6.45) is 1.48. The number of carbonyl (C=O) groups excluding carboxylic acids is 1. The molecular formula is C15H15Cl2N3O4S. The number of aryl methyl sites for hydroxylation is 1. The van der Waals surface area contributed by atoms with Crippen molar-refractivity contribution in [2.75, 3.05) is 26.8 Å². The summed E-state index contributed by atoms with van der Waals surface area (Å²) in [5, 5.41) is 5.10. The minimum absolute atomic E-state index is 0.247. The molecule has 1 heterocycles. The van der Waals surface area contributed by atoms with Gasteiger partial charge in [0, 0.05) is 5.56 Å². The molecule has 7 nitrogen and oxygen atoms in total. The molecule has 2 aromatic rings. The van der Waals surface area contributed by atoms with E-state index in [-0.39, 0.29) is 5.02 Å². The number of methoxy groups -OCH3 is 3. The van der Waals surface area contributed by atoms with Crippen LogP contribution in [-0.4, -0.2) is 38.5 Å². The summed E-state index contributed by atoms with van der Waals surface area (Å²) >= 11 is 13.5. The number of hydrogen-bond donors (Lipinski definition) is 1. The molecule has 0 aliphatic carbocycles. The highest BCUT2D eigenvalue weighted by Gasteiger charge is 2.17. The van der Waals surface area contributed by atoms with E-state index in [0.717, 1.165) is 11.3 Å². The van der Waals surface area contributed by atoms with E-state index >= 15 is 0 Å². The molecule has 1 N–H and O–H groups in total. The third kappa shape index (κ3) is 4.15. The predicted molar refractivity (Wildman–Crippen MR) is 99.0 cm³/mol. The second kappa shape index (κ2) is 8.37. The maximum absolute atomic E-state index is 11.6. The molecule has 0 unspecified atom stereocenters. The van der Waals surface area contributed by atoms with Crippen molar-refractivity contribution in [1.82, 2.24) is 4.98 Å². The van der Waals surface area contributed by atoms with Gasteiger partial charge < -0.3 is 14.2 Å². The Labute approximate surface area is 158 Å². The average Bonchev–Trinajstić information content (AvgIpc) is 2.95. The summed E-state index contributed by atoms with van der Waals surface area (Å²) in [6.45, 7) is 1.71.